The molecule has 0 aliphatic carbocycles. The van der Waals surface area contributed by atoms with Crippen molar-refractivity contribution in [3.8, 4) is 0 Å². The summed E-state index contributed by atoms with van der Waals surface area (Å²) in [6, 6.07) is 6.56. The van der Waals surface area contributed by atoms with Crippen LogP contribution < -0.4 is 5.32 Å². The number of carbonyl (C=O) groups is 2. The first-order valence-electron chi connectivity index (χ1n) is 5.71. The fraction of sp³-hybridized carbons (Fsp3) is 0.385. The quantitative estimate of drug-likeness (QED) is 0.686. The van der Waals surface area contributed by atoms with Gasteiger partial charge in [-0.25, -0.2) is 4.79 Å². The second-order valence-electron chi connectivity index (χ2n) is 4.13. The number of benzene rings is 1. The predicted octanol–water partition coefficient (Wildman–Crippen LogP) is 0.489. The molecule has 1 amide bonds. The van der Waals surface area contributed by atoms with Gasteiger partial charge in [-0.1, -0.05) is 29.8 Å². The number of aliphatic hydroxyl groups excluding tert-OH is 1. The van der Waals surface area contributed by atoms with E-state index < -0.39 is 18.6 Å². The molecule has 0 saturated carbocycles. The first-order chi connectivity index (χ1) is 8.52. The highest BCUT2D eigenvalue weighted by atomic mass is 16.4. The lowest BCUT2D eigenvalue weighted by Gasteiger charge is -2.11. The highest BCUT2D eigenvalue weighted by Crippen LogP contribution is 2.05. The van der Waals surface area contributed by atoms with Crippen molar-refractivity contribution in [1.82, 2.24) is 5.32 Å². The molecule has 0 heterocycles. The summed E-state index contributed by atoms with van der Waals surface area (Å²) in [5.41, 5.74) is 2.17. The highest BCUT2D eigenvalue weighted by molar-refractivity contribution is 5.83. The van der Waals surface area contributed by atoms with Crippen LogP contribution in [0.25, 0.3) is 0 Å². The number of amides is 1. The minimum atomic E-state index is -1.24. The number of hydrogen-bond donors (Lipinski definition) is 3. The lowest BCUT2D eigenvalue weighted by atomic mass is 10.1. The number of aliphatic hydroxyl groups is 1. The summed E-state index contributed by atoms with van der Waals surface area (Å²) >= 11 is 0. The number of aliphatic carboxylic acids is 1. The van der Waals surface area contributed by atoms with E-state index in [0.29, 0.717) is 6.42 Å². The molecule has 5 heteroatoms. The molecule has 0 bridgehead atoms. The summed E-state index contributed by atoms with van der Waals surface area (Å²) in [5, 5.41) is 19.7. The van der Waals surface area contributed by atoms with Gasteiger partial charge in [0.25, 0.3) is 0 Å². The molecule has 98 valence electrons. The molecule has 0 fully saturated rings. The van der Waals surface area contributed by atoms with Crippen molar-refractivity contribution in [2.45, 2.75) is 25.8 Å². The zero-order chi connectivity index (χ0) is 13.5. The molecular weight excluding hydrogens is 234 g/mol. The van der Waals surface area contributed by atoms with Gasteiger partial charge in [0.05, 0.1) is 6.61 Å². The molecule has 0 aliphatic heterocycles. The van der Waals surface area contributed by atoms with E-state index in [1.165, 1.54) is 0 Å². The summed E-state index contributed by atoms with van der Waals surface area (Å²) in [7, 11) is 0. The standard InChI is InChI=1S/C13H17NO4/c1-9-2-4-10(5-3-9)6-7-12(16)14-11(8-15)13(17)18/h2-5,11,15H,6-8H2,1H3,(H,14,16)(H,17,18)/t11-/m1/s1. The van der Waals surface area contributed by atoms with E-state index in [4.69, 9.17) is 10.2 Å². The van der Waals surface area contributed by atoms with E-state index in [9.17, 15) is 9.59 Å². The van der Waals surface area contributed by atoms with Crippen LogP contribution in [0.1, 0.15) is 17.5 Å². The van der Waals surface area contributed by atoms with Gasteiger partial charge >= 0.3 is 5.97 Å². The summed E-state index contributed by atoms with van der Waals surface area (Å²) in [6.45, 7) is 1.38. The third-order valence-corrected chi connectivity index (χ3v) is 2.58. The Labute approximate surface area is 105 Å². The fourth-order valence-corrected chi connectivity index (χ4v) is 1.46. The van der Waals surface area contributed by atoms with Gasteiger partial charge < -0.3 is 15.5 Å². The average molecular weight is 251 g/mol. The van der Waals surface area contributed by atoms with Crippen LogP contribution >= 0.6 is 0 Å². The van der Waals surface area contributed by atoms with Crippen molar-refractivity contribution in [2.24, 2.45) is 0 Å². The summed E-state index contributed by atoms with van der Waals surface area (Å²) in [4.78, 5) is 22.1. The van der Waals surface area contributed by atoms with Crippen molar-refractivity contribution < 1.29 is 19.8 Å². The summed E-state index contributed by atoms with van der Waals surface area (Å²) in [5.74, 6) is -1.61. The van der Waals surface area contributed by atoms with Gasteiger partial charge in [-0.05, 0) is 18.9 Å². The maximum absolute atomic E-state index is 11.5. The van der Waals surface area contributed by atoms with Crippen LogP contribution in [0.4, 0.5) is 0 Å². The number of nitrogens with one attached hydrogen (secondary N) is 1. The Morgan fingerprint density at radius 1 is 1.28 bits per heavy atom. The van der Waals surface area contributed by atoms with Crippen LogP contribution in [-0.2, 0) is 16.0 Å². The Balaban J connectivity index is 2.41. The Kier molecular flexibility index (Phi) is 5.32. The Morgan fingerprint density at radius 2 is 1.89 bits per heavy atom. The van der Waals surface area contributed by atoms with Crippen molar-refractivity contribution in [1.29, 1.82) is 0 Å². The SMILES string of the molecule is Cc1ccc(CCC(=O)N[C@H](CO)C(=O)O)cc1. The Bertz CT molecular complexity index is 414. The van der Waals surface area contributed by atoms with Crippen LogP contribution in [0.3, 0.4) is 0 Å². The van der Waals surface area contributed by atoms with Gasteiger partial charge in [0, 0.05) is 6.42 Å². The molecule has 0 aromatic heterocycles. The Hall–Kier alpha value is -1.88. The lowest BCUT2D eigenvalue weighted by Crippen LogP contribution is -2.43. The van der Waals surface area contributed by atoms with Crippen LogP contribution in [0.5, 0.6) is 0 Å². The molecule has 3 N–H and O–H groups in total. The van der Waals surface area contributed by atoms with Gasteiger partial charge in [0.2, 0.25) is 5.91 Å². The first kappa shape index (κ1) is 14.2. The van der Waals surface area contributed by atoms with E-state index in [2.05, 4.69) is 5.32 Å². The van der Waals surface area contributed by atoms with Gasteiger partial charge in [0.1, 0.15) is 6.04 Å². The first-order valence-corrected chi connectivity index (χ1v) is 5.71. The number of carboxylic acid groups (broad SMARTS) is 1. The molecule has 1 rings (SSSR count). The van der Waals surface area contributed by atoms with Crippen LogP contribution in [0.2, 0.25) is 0 Å². The third-order valence-electron chi connectivity index (χ3n) is 2.58. The van der Waals surface area contributed by atoms with Crippen LogP contribution in [0, 0.1) is 6.92 Å². The van der Waals surface area contributed by atoms with Crippen molar-refractivity contribution >= 4 is 11.9 Å². The number of aryl methyl sites for hydroxylation is 2. The van der Waals surface area contributed by atoms with Crippen molar-refractivity contribution in [3.05, 3.63) is 35.4 Å². The van der Waals surface area contributed by atoms with E-state index in [0.717, 1.165) is 11.1 Å². The molecular formula is C13H17NO4. The molecule has 0 saturated heterocycles. The van der Waals surface area contributed by atoms with Gasteiger partial charge in [-0.3, -0.25) is 4.79 Å². The maximum Gasteiger partial charge on any atom is 0.328 e. The molecule has 0 spiro atoms. The second kappa shape index (κ2) is 6.76. The van der Waals surface area contributed by atoms with E-state index in [1.54, 1.807) is 0 Å². The molecule has 1 atom stereocenters. The highest BCUT2D eigenvalue weighted by Gasteiger charge is 2.18. The molecule has 5 nitrogen and oxygen atoms in total. The zero-order valence-electron chi connectivity index (χ0n) is 10.2. The maximum atomic E-state index is 11.5. The van der Waals surface area contributed by atoms with E-state index in [1.807, 2.05) is 31.2 Å². The number of rotatable bonds is 6. The van der Waals surface area contributed by atoms with Crippen LogP contribution in [0.15, 0.2) is 24.3 Å². The zero-order valence-corrected chi connectivity index (χ0v) is 10.2. The lowest BCUT2D eigenvalue weighted by molar-refractivity contribution is -0.142. The molecule has 1 aromatic carbocycles. The minimum absolute atomic E-state index is 0.201. The number of carboxylic acids is 1. The molecule has 0 aliphatic rings. The van der Waals surface area contributed by atoms with Gasteiger partial charge in [-0.15, -0.1) is 0 Å². The normalized spacial score (nSPS) is 11.9. The molecule has 18 heavy (non-hydrogen) atoms. The number of hydrogen-bond acceptors (Lipinski definition) is 3. The topological polar surface area (TPSA) is 86.6 Å². The van der Waals surface area contributed by atoms with E-state index >= 15 is 0 Å². The van der Waals surface area contributed by atoms with Gasteiger partial charge in [-0.2, -0.15) is 0 Å². The minimum Gasteiger partial charge on any atom is -0.480 e. The monoisotopic (exact) mass is 251 g/mol. The summed E-state index contributed by atoms with van der Waals surface area (Å²) < 4.78 is 0. The van der Waals surface area contributed by atoms with Crippen molar-refractivity contribution in [2.75, 3.05) is 6.61 Å². The molecule has 0 radical (unpaired) electrons. The third kappa shape index (κ3) is 4.55. The largest absolute Gasteiger partial charge is 0.480 e. The van der Waals surface area contributed by atoms with Crippen molar-refractivity contribution in [3.63, 3.8) is 0 Å². The van der Waals surface area contributed by atoms with E-state index in [-0.39, 0.29) is 12.3 Å². The van der Waals surface area contributed by atoms with Gasteiger partial charge in [0.15, 0.2) is 0 Å². The molecule has 0 unspecified atom stereocenters. The predicted molar refractivity (Wildman–Crippen MR) is 66.2 cm³/mol. The second-order valence-corrected chi connectivity index (χ2v) is 4.13. The fourth-order valence-electron chi connectivity index (χ4n) is 1.46. The summed E-state index contributed by atoms with van der Waals surface area (Å²) in [6.07, 6.45) is 0.747. The molecule has 1 aromatic rings. The van der Waals surface area contributed by atoms with Crippen LogP contribution in [-0.4, -0.2) is 34.7 Å². The number of carbonyl (C=O) groups excluding carboxylic acids is 1. The average Bonchev–Trinajstić information content (AvgIpc) is 2.35. The smallest absolute Gasteiger partial charge is 0.328 e. The Morgan fingerprint density at radius 3 is 2.39 bits per heavy atom.